The Bertz CT molecular complexity index is 571. The van der Waals surface area contributed by atoms with Crippen LogP contribution in [0.1, 0.15) is 13.8 Å². The monoisotopic (exact) mass is 274 g/mol. The summed E-state index contributed by atoms with van der Waals surface area (Å²) in [7, 11) is 3.54. The van der Waals surface area contributed by atoms with Gasteiger partial charge in [-0.1, -0.05) is 26.0 Å². The van der Waals surface area contributed by atoms with Gasteiger partial charge in [-0.25, -0.2) is 4.98 Å². The summed E-state index contributed by atoms with van der Waals surface area (Å²) in [6.45, 7) is 4.98. The molecule has 0 saturated heterocycles. The number of benzene rings is 1. The average Bonchev–Trinajstić information content (AvgIpc) is 2.46. The fourth-order valence-corrected chi connectivity index (χ4v) is 2.05. The molecule has 0 aliphatic carbocycles. The van der Waals surface area contributed by atoms with Gasteiger partial charge in [0.2, 0.25) is 5.95 Å². The van der Waals surface area contributed by atoms with Crippen molar-refractivity contribution >= 4 is 22.7 Å². The van der Waals surface area contributed by atoms with Crippen molar-refractivity contribution < 1.29 is 4.74 Å². The molecule has 20 heavy (non-hydrogen) atoms. The summed E-state index contributed by atoms with van der Waals surface area (Å²) in [4.78, 5) is 8.99. The first-order chi connectivity index (χ1) is 9.65. The maximum Gasteiger partial charge on any atom is 0.224 e. The highest BCUT2D eigenvalue weighted by Crippen LogP contribution is 2.23. The van der Waals surface area contributed by atoms with Crippen LogP contribution in [0.2, 0.25) is 0 Å². The number of methoxy groups -OCH3 is 1. The molecule has 0 fully saturated rings. The molecule has 0 aliphatic rings. The first-order valence-electron chi connectivity index (χ1n) is 6.85. The summed E-state index contributed by atoms with van der Waals surface area (Å²) in [5.41, 5.74) is 0.925. The van der Waals surface area contributed by atoms with E-state index in [-0.39, 0.29) is 6.04 Å². The zero-order valence-corrected chi connectivity index (χ0v) is 12.5. The summed E-state index contributed by atoms with van der Waals surface area (Å²) >= 11 is 0. The SMILES string of the molecule is CNc1nc(NC(COC)C(C)C)c2ccccc2n1. The summed E-state index contributed by atoms with van der Waals surface area (Å²) in [6.07, 6.45) is 0. The van der Waals surface area contributed by atoms with Gasteiger partial charge in [0.25, 0.3) is 0 Å². The Balaban J connectivity index is 2.41. The second-order valence-electron chi connectivity index (χ2n) is 5.11. The van der Waals surface area contributed by atoms with Crippen molar-refractivity contribution in [1.29, 1.82) is 0 Å². The molecule has 2 N–H and O–H groups in total. The van der Waals surface area contributed by atoms with Crippen molar-refractivity contribution in [1.82, 2.24) is 9.97 Å². The van der Waals surface area contributed by atoms with Gasteiger partial charge < -0.3 is 15.4 Å². The zero-order valence-electron chi connectivity index (χ0n) is 12.5. The molecular weight excluding hydrogens is 252 g/mol. The molecule has 0 aliphatic heterocycles. The molecule has 5 heteroatoms. The molecule has 1 aromatic heterocycles. The number of hydrogen-bond donors (Lipinski definition) is 2. The third kappa shape index (κ3) is 3.17. The van der Waals surface area contributed by atoms with E-state index in [1.807, 2.05) is 31.3 Å². The maximum atomic E-state index is 5.28. The molecule has 0 spiro atoms. The van der Waals surface area contributed by atoms with E-state index in [4.69, 9.17) is 4.74 Å². The Kier molecular flexibility index (Phi) is 4.74. The minimum Gasteiger partial charge on any atom is -0.383 e. The van der Waals surface area contributed by atoms with Gasteiger partial charge in [0, 0.05) is 19.5 Å². The van der Waals surface area contributed by atoms with E-state index in [2.05, 4.69) is 34.4 Å². The van der Waals surface area contributed by atoms with Crippen LogP contribution in [-0.4, -0.2) is 36.8 Å². The third-order valence-corrected chi connectivity index (χ3v) is 3.30. The Morgan fingerprint density at radius 3 is 2.60 bits per heavy atom. The number of nitrogens with one attached hydrogen (secondary N) is 2. The minimum absolute atomic E-state index is 0.211. The first-order valence-corrected chi connectivity index (χ1v) is 6.85. The van der Waals surface area contributed by atoms with Gasteiger partial charge >= 0.3 is 0 Å². The Morgan fingerprint density at radius 2 is 1.95 bits per heavy atom. The quantitative estimate of drug-likeness (QED) is 0.848. The van der Waals surface area contributed by atoms with E-state index >= 15 is 0 Å². The smallest absolute Gasteiger partial charge is 0.224 e. The standard InChI is InChI=1S/C15H22N4O/c1-10(2)13(9-20-4)17-14-11-7-5-6-8-12(11)18-15(16-3)19-14/h5-8,10,13H,9H2,1-4H3,(H2,16,17,18,19). The van der Waals surface area contributed by atoms with Gasteiger partial charge in [-0.05, 0) is 18.1 Å². The number of nitrogens with zero attached hydrogens (tertiary/aromatic N) is 2. The van der Waals surface area contributed by atoms with Crippen molar-refractivity contribution in [2.45, 2.75) is 19.9 Å². The molecule has 0 amide bonds. The molecule has 1 atom stereocenters. The number of anilines is 2. The molecule has 5 nitrogen and oxygen atoms in total. The number of rotatable bonds is 6. The van der Waals surface area contributed by atoms with Crippen LogP contribution < -0.4 is 10.6 Å². The largest absolute Gasteiger partial charge is 0.383 e. The highest BCUT2D eigenvalue weighted by molar-refractivity contribution is 5.90. The number of ether oxygens (including phenoxy) is 1. The lowest BCUT2D eigenvalue weighted by Gasteiger charge is -2.23. The predicted molar refractivity (Wildman–Crippen MR) is 83.2 cm³/mol. The van der Waals surface area contributed by atoms with Gasteiger partial charge in [-0.2, -0.15) is 4.98 Å². The van der Waals surface area contributed by atoms with Crippen molar-refractivity contribution in [2.24, 2.45) is 5.92 Å². The molecule has 1 unspecified atom stereocenters. The van der Waals surface area contributed by atoms with E-state index < -0.39 is 0 Å². The third-order valence-electron chi connectivity index (χ3n) is 3.30. The van der Waals surface area contributed by atoms with E-state index in [0.717, 1.165) is 16.7 Å². The maximum absolute atomic E-state index is 5.28. The second kappa shape index (κ2) is 6.52. The van der Waals surface area contributed by atoms with Crippen LogP contribution in [0.25, 0.3) is 10.9 Å². The molecule has 0 saturated carbocycles. The first kappa shape index (κ1) is 14.5. The Hall–Kier alpha value is -1.88. The molecule has 1 aromatic carbocycles. The lowest BCUT2D eigenvalue weighted by atomic mass is 10.1. The molecule has 2 rings (SSSR count). The van der Waals surface area contributed by atoms with E-state index in [0.29, 0.717) is 18.5 Å². The van der Waals surface area contributed by atoms with Crippen molar-refractivity contribution in [3.8, 4) is 0 Å². The number of para-hydroxylation sites is 1. The summed E-state index contributed by atoms with van der Waals surface area (Å²) in [6, 6.07) is 8.21. The minimum atomic E-state index is 0.211. The lowest BCUT2D eigenvalue weighted by Crippen LogP contribution is -2.31. The summed E-state index contributed by atoms with van der Waals surface area (Å²) in [5, 5.41) is 7.50. The number of aromatic nitrogens is 2. The van der Waals surface area contributed by atoms with E-state index in [9.17, 15) is 0 Å². The fraction of sp³-hybridized carbons (Fsp3) is 0.467. The average molecular weight is 274 g/mol. The van der Waals surface area contributed by atoms with Crippen LogP contribution in [0.3, 0.4) is 0 Å². The Labute approximate surface area is 119 Å². The van der Waals surface area contributed by atoms with Crippen LogP contribution >= 0.6 is 0 Å². The molecule has 0 radical (unpaired) electrons. The van der Waals surface area contributed by atoms with Gasteiger partial charge in [-0.15, -0.1) is 0 Å². The molecule has 2 aromatic rings. The topological polar surface area (TPSA) is 59.1 Å². The normalized spacial score (nSPS) is 12.7. The van der Waals surface area contributed by atoms with Crippen molar-refractivity contribution in [2.75, 3.05) is 31.4 Å². The van der Waals surface area contributed by atoms with Crippen LogP contribution in [-0.2, 0) is 4.74 Å². The second-order valence-corrected chi connectivity index (χ2v) is 5.11. The van der Waals surface area contributed by atoms with E-state index in [1.165, 1.54) is 0 Å². The molecular formula is C15H22N4O. The summed E-state index contributed by atoms with van der Waals surface area (Å²) < 4.78 is 5.28. The van der Waals surface area contributed by atoms with Gasteiger partial charge in [0.05, 0.1) is 18.2 Å². The van der Waals surface area contributed by atoms with Gasteiger partial charge in [-0.3, -0.25) is 0 Å². The van der Waals surface area contributed by atoms with Crippen molar-refractivity contribution in [3.05, 3.63) is 24.3 Å². The van der Waals surface area contributed by atoms with Crippen LogP contribution in [0.15, 0.2) is 24.3 Å². The van der Waals surface area contributed by atoms with Gasteiger partial charge in [0.1, 0.15) is 5.82 Å². The zero-order chi connectivity index (χ0) is 14.5. The highest BCUT2D eigenvalue weighted by Gasteiger charge is 2.16. The molecule has 0 bridgehead atoms. The highest BCUT2D eigenvalue weighted by atomic mass is 16.5. The van der Waals surface area contributed by atoms with E-state index in [1.54, 1.807) is 7.11 Å². The van der Waals surface area contributed by atoms with Gasteiger partial charge in [0.15, 0.2) is 0 Å². The number of hydrogen-bond acceptors (Lipinski definition) is 5. The van der Waals surface area contributed by atoms with Crippen molar-refractivity contribution in [3.63, 3.8) is 0 Å². The number of fused-ring (bicyclic) bond motifs is 1. The van der Waals surface area contributed by atoms with Crippen LogP contribution in [0, 0.1) is 5.92 Å². The fourth-order valence-electron chi connectivity index (χ4n) is 2.05. The van der Waals surface area contributed by atoms with Crippen LogP contribution in [0.4, 0.5) is 11.8 Å². The molecule has 108 valence electrons. The Morgan fingerprint density at radius 1 is 1.20 bits per heavy atom. The lowest BCUT2D eigenvalue weighted by molar-refractivity contribution is 0.171. The molecule has 1 heterocycles. The van der Waals surface area contributed by atoms with Crippen LogP contribution in [0.5, 0.6) is 0 Å². The summed E-state index contributed by atoms with van der Waals surface area (Å²) in [5.74, 6) is 1.91. The predicted octanol–water partition coefficient (Wildman–Crippen LogP) is 2.75.